The van der Waals surface area contributed by atoms with E-state index in [0.29, 0.717) is 0 Å². The number of aromatic amines is 1. The average Bonchev–Trinajstić information content (AvgIpc) is 2.89. The van der Waals surface area contributed by atoms with Crippen molar-refractivity contribution in [3.8, 4) is 0 Å². The molecule has 21 heavy (non-hydrogen) atoms. The van der Waals surface area contributed by atoms with Crippen molar-refractivity contribution in [2.24, 2.45) is 0 Å². The molecule has 5 heteroatoms. The van der Waals surface area contributed by atoms with Crippen molar-refractivity contribution in [2.45, 2.75) is 9.92 Å². The maximum atomic E-state index is 13.0. The zero-order valence-electron chi connectivity index (χ0n) is 10.9. The second-order valence-electron chi connectivity index (χ2n) is 4.63. The Balaban J connectivity index is 1.86. The van der Waals surface area contributed by atoms with E-state index in [0.717, 1.165) is 31.9 Å². The van der Waals surface area contributed by atoms with E-state index in [1.165, 1.54) is 23.9 Å². The van der Waals surface area contributed by atoms with Crippen LogP contribution in [-0.4, -0.2) is 15.0 Å². The highest BCUT2D eigenvalue weighted by Crippen LogP contribution is 2.33. The maximum absolute atomic E-state index is 13.0. The summed E-state index contributed by atoms with van der Waals surface area (Å²) in [5.41, 5.74) is 2.85. The minimum Gasteiger partial charge on any atom is -0.351 e. The zero-order valence-corrected chi connectivity index (χ0v) is 11.7. The van der Waals surface area contributed by atoms with Crippen LogP contribution in [-0.2, 0) is 0 Å². The lowest BCUT2D eigenvalue weighted by molar-refractivity contribution is 0.626. The number of rotatable bonds is 2. The molecular formula is C16H10FN3S. The topological polar surface area (TPSA) is 41.6 Å². The number of aromatic nitrogens is 3. The fourth-order valence-corrected chi connectivity index (χ4v) is 3.16. The number of nitrogens with zero attached hydrogens (tertiary/aromatic N) is 2. The Morgan fingerprint density at radius 3 is 2.62 bits per heavy atom. The molecule has 1 N–H and O–H groups in total. The van der Waals surface area contributed by atoms with Gasteiger partial charge in [0.2, 0.25) is 0 Å². The van der Waals surface area contributed by atoms with E-state index in [4.69, 9.17) is 0 Å². The monoisotopic (exact) mass is 295 g/mol. The number of nitrogens with one attached hydrogen (secondary N) is 1. The Morgan fingerprint density at radius 1 is 0.952 bits per heavy atom. The molecule has 0 saturated carbocycles. The lowest BCUT2D eigenvalue weighted by Gasteiger charge is -2.01. The third-order valence-corrected chi connectivity index (χ3v) is 4.29. The summed E-state index contributed by atoms with van der Waals surface area (Å²) in [6, 6.07) is 14.4. The van der Waals surface area contributed by atoms with Gasteiger partial charge in [0.1, 0.15) is 22.7 Å². The number of fused-ring (bicyclic) bond motifs is 3. The van der Waals surface area contributed by atoms with Crippen LogP contribution in [0.15, 0.2) is 64.8 Å². The van der Waals surface area contributed by atoms with Gasteiger partial charge in [-0.2, -0.15) is 0 Å². The fraction of sp³-hybridized carbons (Fsp3) is 0. The molecule has 4 aromatic rings. The van der Waals surface area contributed by atoms with Crippen molar-refractivity contribution in [1.29, 1.82) is 0 Å². The van der Waals surface area contributed by atoms with Crippen LogP contribution in [0.1, 0.15) is 0 Å². The van der Waals surface area contributed by atoms with Gasteiger partial charge in [0.15, 0.2) is 0 Å². The Morgan fingerprint density at radius 2 is 1.76 bits per heavy atom. The number of para-hydroxylation sites is 1. The van der Waals surface area contributed by atoms with Crippen molar-refractivity contribution < 1.29 is 4.39 Å². The molecule has 2 aromatic heterocycles. The van der Waals surface area contributed by atoms with Crippen LogP contribution in [0.3, 0.4) is 0 Å². The number of hydrogen-bond donors (Lipinski definition) is 1. The van der Waals surface area contributed by atoms with Gasteiger partial charge in [0.25, 0.3) is 0 Å². The van der Waals surface area contributed by atoms with E-state index in [1.807, 2.05) is 24.3 Å². The SMILES string of the molecule is Fc1ccc(Sc2ncnc3c2[nH]c2ccccc23)cc1. The third-order valence-electron chi connectivity index (χ3n) is 3.28. The van der Waals surface area contributed by atoms with Crippen LogP contribution in [0.2, 0.25) is 0 Å². The van der Waals surface area contributed by atoms with E-state index in [1.54, 1.807) is 18.5 Å². The summed E-state index contributed by atoms with van der Waals surface area (Å²) in [4.78, 5) is 13.0. The van der Waals surface area contributed by atoms with Crippen LogP contribution in [0, 0.1) is 5.82 Å². The zero-order chi connectivity index (χ0) is 14.2. The lowest BCUT2D eigenvalue weighted by atomic mass is 10.2. The van der Waals surface area contributed by atoms with Crippen molar-refractivity contribution in [2.75, 3.05) is 0 Å². The summed E-state index contributed by atoms with van der Waals surface area (Å²) in [6.07, 6.45) is 1.56. The van der Waals surface area contributed by atoms with Crippen LogP contribution in [0.4, 0.5) is 4.39 Å². The first-order valence-electron chi connectivity index (χ1n) is 6.46. The highest BCUT2D eigenvalue weighted by atomic mass is 32.2. The molecule has 0 atom stereocenters. The van der Waals surface area contributed by atoms with Crippen molar-refractivity contribution in [3.63, 3.8) is 0 Å². The molecule has 0 fully saturated rings. The first-order valence-corrected chi connectivity index (χ1v) is 7.28. The van der Waals surface area contributed by atoms with E-state index >= 15 is 0 Å². The highest BCUT2D eigenvalue weighted by molar-refractivity contribution is 7.99. The Kier molecular flexibility index (Phi) is 2.86. The second-order valence-corrected chi connectivity index (χ2v) is 5.69. The van der Waals surface area contributed by atoms with E-state index in [-0.39, 0.29) is 5.82 Å². The first kappa shape index (κ1) is 12.3. The fourth-order valence-electron chi connectivity index (χ4n) is 2.31. The Hall–Kier alpha value is -2.40. The Labute approximate surface area is 124 Å². The maximum Gasteiger partial charge on any atom is 0.128 e. The van der Waals surface area contributed by atoms with Gasteiger partial charge in [-0.25, -0.2) is 14.4 Å². The molecular weight excluding hydrogens is 285 g/mol. The van der Waals surface area contributed by atoms with Gasteiger partial charge >= 0.3 is 0 Å². The van der Waals surface area contributed by atoms with Crippen LogP contribution in [0.25, 0.3) is 21.9 Å². The molecule has 0 amide bonds. The number of halogens is 1. The summed E-state index contributed by atoms with van der Waals surface area (Å²) in [5, 5.41) is 1.92. The molecule has 2 aromatic carbocycles. The lowest BCUT2D eigenvalue weighted by Crippen LogP contribution is -1.85. The van der Waals surface area contributed by atoms with Crippen molar-refractivity contribution in [1.82, 2.24) is 15.0 Å². The minimum atomic E-state index is -0.238. The van der Waals surface area contributed by atoms with Gasteiger partial charge in [0, 0.05) is 15.8 Å². The standard InChI is InChI=1S/C16H10FN3S/c17-10-5-7-11(8-6-10)21-16-15-14(18-9-19-16)12-3-1-2-4-13(12)20-15/h1-9,20H. The molecule has 0 saturated heterocycles. The quantitative estimate of drug-likeness (QED) is 0.557. The van der Waals surface area contributed by atoms with Crippen LogP contribution in [0.5, 0.6) is 0 Å². The normalized spacial score (nSPS) is 11.3. The number of benzene rings is 2. The predicted octanol–water partition coefficient (Wildman–Crippen LogP) is 4.40. The summed E-state index contributed by atoms with van der Waals surface area (Å²) in [7, 11) is 0. The molecule has 0 radical (unpaired) electrons. The number of H-pyrrole nitrogens is 1. The molecule has 102 valence electrons. The summed E-state index contributed by atoms with van der Waals surface area (Å²) in [6.45, 7) is 0. The minimum absolute atomic E-state index is 0.238. The summed E-state index contributed by atoms with van der Waals surface area (Å²) < 4.78 is 13.0. The average molecular weight is 295 g/mol. The highest BCUT2D eigenvalue weighted by Gasteiger charge is 2.11. The Bertz CT molecular complexity index is 931. The molecule has 0 unspecified atom stereocenters. The van der Waals surface area contributed by atoms with Gasteiger partial charge in [-0.15, -0.1) is 0 Å². The van der Waals surface area contributed by atoms with E-state index < -0.39 is 0 Å². The number of hydrogen-bond acceptors (Lipinski definition) is 3. The largest absolute Gasteiger partial charge is 0.351 e. The van der Waals surface area contributed by atoms with Gasteiger partial charge in [-0.1, -0.05) is 30.0 Å². The molecule has 0 spiro atoms. The predicted molar refractivity (Wildman–Crippen MR) is 81.9 cm³/mol. The van der Waals surface area contributed by atoms with E-state index in [9.17, 15) is 4.39 Å². The summed E-state index contributed by atoms with van der Waals surface area (Å²) >= 11 is 1.49. The second kappa shape index (κ2) is 4.86. The summed E-state index contributed by atoms with van der Waals surface area (Å²) in [5.74, 6) is -0.238. The van der Waals surface area contributed by atoms with Crippen molar-refractivity contribution in [3.05, 3.63) is 60.7 Å². The molecule has 2 heterocycles. The van der Waals surface area contributed by atoms with Crippen LogP contribution >= 0.6 is 11.8 Å². The molecule has 3 nitrogen and oxygen atoms in total. The third kappa shape index (κ3) is 2.15. The molecule has 4 rings (SSSR count). The van der Waals surface area contributed by atoms with E-state index in [2.05, 4.69) is 15.0 Å². The smallest absolute Gasteiger partial charge is 0.128 e. The van der Waals surface area contributed by atoms with Gasteiger partial charge in [-0.3, -0.25) is 0 Å². The van der Waals surface area contributed by atoms with Gasteiger partial charge < -0.3 is 4.98 Å². The van der Waals surface area contributed by atoms with Crippen LogP contribution < -0.4 is 0 Å². The molecule has 0 aliphatic rings. The first-order chi connectivity index (χ1) is 10.3. The molecule has 0 aliphatic carbocycles. The molecule has 0 bridgehead atoms. The molecule has 0 aliphatic heterocycles. The van der Waals surface area contributed by atoms with Gasteiger partial charge in [-0.05, 0) is 30.3 Å². The van der Waals surface area contributed by atoms with Gasteiger partial charge in [0.05, 0.1) is 5.52 Å². The van der Waals surface area contributed by atoms with Crippen molar-refractivity contribution >= 4 is 33.7 Å².